The van der Waals surface area contributed by atoms with Crippen LogP contribution in [0.4, 0.5) is 0 Å². The summed E-state index contributed by atoms with van der Waals surface area (Å²) < 4.78 is 5.66. The standard InChI is InChI=1S/C10H20O2/c1-8(11)10(5-6-10)7-12-9(2,3)4/h8,11H,5-7H2,1-4H3. The summed E-state index contributed by atoms with van der Waals surface area (Å²) in [6.45, 7) is 8.70. The van der Waals surface area contributed by atoms with Gasteiger partial charge in [0.25, 0.3) is 0 Å². The highest BCUT2D eigenvalue weighted by Crippen LogP contribution is 2.49. The van der Waals surface area contributed by atoms with Crippen LogP contribution in [0.2, 0.25) is 0 Å². The van der Waals surface area contributed by atoms with Gasteiger partial charge in [0, 0.05) is 5.41 Å². The first kappa shape index (κ1) is 10.0. The molecule has 0 spiro atoms. The highest BCUT2D eigenvalue weighted by Gasteiger charge is 2.47. The van der Waals surface area contributed by atoms with Crippen LogP contribution in [0.15, 0.2) is 0 Å². The molecule has 72 valence electrons. The molecule has 1 saturated carbocycles. The number of aliphatic hydroxyl groups is 1. The molecule has 1 unspecified atom stereocenters. The van der Waals surface area contributed by atoms with Gasteiger partial charge in [0.15, 0.2) is 0 Å². The molecule has 2 nitrogen and oxygen atoms in total. The molecule has 1 rings (SSSR count). The second-order valence-electron chi connectivity index (χ2n) is 4.94. The van der Waals surface area contributed by atoms with Gasteiger partial charge in [-0.3, -0.25) is 0 Å². The first-order chi connectivity index (χ1) is 5.36. The lowest BCUT2D eigenvalue weighted by Gasteiger charge is -2.25. The molecule has 0 heterocycles. The SMILES string of the molecule is CC(O)C1(COC(C)(C)C)CC1. The molecule has 0 aliphatic heterocycles. The summed E-state index contributed by atoms with van der Waals surface area (Å²) in [5.41, 5.74) is 0.0117. The topological polar surface area (TPSA) is 29.5 Å². The van der Waals surface area contributed by atoms with E-state index in [-0.39, 0.29) is 17.1 Å². The van der Waals surface area contributed by atoms with Crippen molar-refractivity contribution in [1.29, 1.82) is 0 Å². The third kappa shape index (κ3) is 2.46. The maximum atomic E-state index is 9.46. The van der Waals surface area contributed by atoms with Crippen LogP contribution < -0.4 is 0 Å². The monoisotopic (exact) mass is 172 g/mol. The van der Waals surface area contributed by atoms with E-state index in [4.69, 9.17) is 4.74 Å². The summed E-state index contributed by atoms with van der Waals surface area (Å²) >= 11 is 0. The Morgan fingerprint density at radius 3 is 2.17 bits per heavy atom. The fraction of sp³-hybridized carbons (Fsp3) is 1.00. The van der Waals surface area contributed by atoms with Gasteiger partial charge in [-0.25, -0.2) is 0 Å². The van der Waals surface area contributed by atoms with E-state index in [0.29, 0.717) is 6.61 Å². The van der Waals surface area contributed by atoms with Crippen molar-refractivity contribution in [2.45, 2.75) is 52.2 Å². The van der Waals surface area contributed by atoms with Gasteiger partial charge in [0.2, 0.25) is 0 Å². The Labute approximate surface area is 74.9 Å². The van der Waals surface area contributed by atoms with Crippen LogP contribution in [-0.4, -0.2) is 23.4 Å². The first-order valence-electron chi connectivity index (χ1n) is 4.68. The molecule has 2 heteroatoms. The normalized spacial score (nSPS) is 23.8. The van der Waals surface area contributed by atoms with E-state index in [1.807, 2.05) is 27.7 Å². The van der Waals surface area contributed by atoms with Crippen molar-refractivity contribution in [3.05, 3.63) is 0 Å². The van der Waals surface area contributed by atoms with Crippen LogP contribution >= 0.6 is 0 Å². The number of aliphatic hydroxyl groups excluding tert-OH is 1. The first-order valence-corrected chi connectivity index (χ1v) is 4.68. The van der Waals surface area contributed by atoms with Crippen LogP contribution in [0.25, 0.3) is 0 Å². The Hall–Kier alpha value is -0.0800. The summed E-state index contributed by atoms with van der Waals surface area (Å²) in [6.07, 6.45) is 2.00. The molecule has 0 aromatic carbocycles. The molecule has 0 amide bonds. The number of hydrogen-bond donors (Lipinski definition) is 1. The van der Waals surface area contributed by atoms with Crippen LogP contribution in [0.3, 0.4) is 0 Å². The fourth-order valence-corrected chi connectivity index (χ4v) is 1.20. The third-order valence-corrected chi connectivity index (χ3v) is 2.57. The zero-order chi connectivity index (χ0) is 9.41. The van der Waals surface area contributed by atoms with Crippen LogP contribution in [0.5, 0.6) is 0 Å². The van der Waals surface area contributed by atoms with Crippen LogP contribution in [-0.2, 0) is 4.74 Å². The maximum absolute atomic E-state index is 9.46. The van der Waals surface area contributed by atoms with E-state index < -0.39 is 0 Å². The molecule has 0 aromatic rings. The van der Waals surface area contributed by atoms with E-state index in [1.54, 1.807) is 0 Å². The minimum atomic E-state index is -0.222. The molecule has 1 fully saturated rings. The average molecular weight is 172 g/mol. The summed E-state index contributed by atoms with van der Waals surface area (Å²) in [6, 6.07) is 0. The lowest BCUT2D eigenvalue weighted by atomic mass is 10.0. The van der Waals surface area contributed by atoms with E-state index in [9.17, 15) is 5.11 Å². The van der Waals surface area contributed by atoms with Crippen molar-refractivity contribution < 1.29 is 9.84 Å². The summed E-state index contributed by atoms with van der Waals surface area (Å²) in [5, 5.41) is 9.46. The quantitative estimate of drug-likeness (QED) is 0.705. The predicted molar refractivity (Wildman–Crippen MR) is 49.1 cm³/mol. The Morgan fingerprint density at radius 2 is 1.92 bits per heavy atom. The molecule has 0 bridgehead atoms. The van der Waals surface area contributed by atoms with Gasteiger partial charge in [-0.1, -0.05) is 0 Å². The highest BCUT2D eigenvalue weighted by molar-refractivity contribution is 4.97. The average Bonchev–Trinajstić information content (AvgIpc) is 2.61. The minimum absolute atomic E-state index is 0.0789. The zero-order valence-corrected chi connectivity index (χ0v) is 8.55. The second kappa shape index (κ2) is 3.00. The Bertz CT molecular complexity index is 152. The van der Waals surface area contributed by atoms with Gasteiger partial charge in [-0.05, 0) is 40.5 Å². The van der Waals surface area contributed by atoms with Crippen molar-refractivity contribution in [3.63, 3.8) is 0 Å². The predicted octanol–water partition coefficient (Wildman–Crippen LogP) is 1.96. The lowest BCUT2D eigenvalue weighted by Crippen LogP contribution is -2.29. The Morgan fingerprint density at radius 1 is 1.42 bits per heavy atom. The Balaban J connectivity index is 2.32. The summed E-state index contributed by atoms with van der Waals surface area (Å²) in [5.74, 6) is 0. The van der Waals surface area contributed by atoms with Gasteiger partial charge in [0.1, 0.15) is 0 Å². The summed E-state index contributed by atoms with van der Waals surface area (Å²) in [7, 11) is 0. The van der Waals surface area contributed by atoms with Crippen molar-refractivity contribution in [2.75, 3.05) is 6.61 Å². The van der Waals surface area contributed by atoms with Crippen molar-refractivity contribution >= 4 is 0 Å². The van der Waals surface area contributed by atoms with Crippen LogP contribution in [0.1, 0.15) is 40.5 Å². The van der Waals surface area contributed by atoms with Gasteiger partial charge in [0.05, 0.1) is 18.3 Å². The fourth-order valence-electron chi connectivity index (χ4n) is 1.20. The zero-order valence-electron chi connectivity index (χ0n) is 8.55. The molecule has 12 heavy (non-hydrogen) atoms. The molecular formula is C10H20O2. The molecule has 1 aliphatic carbocycles. The number of hydrogen-bond acceptors (Lipinski definition) is 2. The smallest absolute Gasteiger partial charge is 0.0598 e. The summed E-state index contributed by atoms with van der Waals surface area (Å²) in [4.78, 5) is 0. The molecule has 1 N–H and O–H groups in total. The largest absolute Gasteiger partial charge is 0.393 e. The lowest BCUT2D eigenvalue weighted by molar-refractivity contribution is -0.0536. The molecule has 0 radical (unpaired) electrons. The van der Waals surface area contributed by atoms with Crippen molar-refractivity contribution in [1.82, 2.24) is 0 Å². The van der Waals surface area contributed by atoms with Crippen molar-refractivity contribution in [3.8, 4) is 0 Å². The molecular weight excluding hydrogens is 152 g/mol. The van der Waals surface area contributed by atoms with E-state index in [2.05, 4.69) is 0 Å². The Kier molecular flexibility index (Phi) is 2.50. The minimum Gasteiger partial charge on any atom is -0.393 e. The van der Waals surface area contributed by atoms with Crippen LogP contribution in [0, 0.1) is 5.41 Å². The second-order valence-corrected chi connectivity index (χ2v) is 4.94. The van der Waals surface area contributed by atoms with Gasteiger partial charge >= 0.3 is 0 Å². The van der Waals surface area contributed by atoms with E-state index in [1.165, 1.54) is 0 Å². The van der Waals surface area contributed by atoms with Gasteiger partial charge in [-0.2, -0.15) is 0 Å². The third-order valence-electron chi connectivity index (χ3n) is 2.57. The maximum Gasteiger partial charge on any atom is 0.0598 e. The molecule has 1 aliphatic rings. The highest BCUT2D eigenvalue weighted by atomic mass is 16.5. The molecule has 0 aromatic heterocycles. The molecule has 1 atom stereocenters. The number of rotatable bonds is 3. The van der Waals surface area contributed by atoms with Gasteiger partial charge in [-0.15, -0.1) is 0 Å². The number of ether oxygens (including phenoxy) is 1. The van der Waals surface area contributed by atoms with Gasteiger partial charge < -0.3 is 9.84 Å². The van der Waals surface area contributed by atoms with E-state index in [0.717, 1.165) is 12.8 Å². The molecule has 0 saturated heterocycles. The van der Waals surface area contributed by atoms with E-state index >= 15 is 0 Å². The van der Waals surface area contributed by atoms with Crippen molar-refractivity contribution in [2.24, 2.45) is 5.41 Å².